The monoisotopic (exact) mass is 392 g/mol. The lowest BCUT2D eigenvalue weighted by molar-refractivity contribution is -0.118. The average Bonchev–Trinajstić information content (AvgIpc) is 3.03. The Morgan fingerprint density at radius 3 is 2.56 bits per heavy atom. The highest BCUT2D eigenvalue weighted by Crippen LogP contribution is 2.25. The highest BCUT2D eigenvalue weighted by atomic mass is 35.5. The molecule has 0 aliphatic carbocycles. The van der Waals surface area contributed by atoms with Gasteiger partial charge in [-0.3, -0.25) is 10.1 Å². The first kappa shape index (κ1) is 17.7. The molecule has 1 N–H and O–H groups in total. The summed E-state index contributed by atoms with van der Waals surface area (Å²) >= 11 is 13.6. The van der Waals surface area contributed by atoms with Crippen LogP contribution in [0, 0.1) is 0 Å². The van der Waals surface area contributed by atoms with Gasteiger partial charge in [-0.25, -0.2) is 4.98 Å². The lowest BCUT2D eigenvalue weighted by atomic mass is 10.1. The molecule has 3 aromatic rings. The fourth-order valence-electron chi connectivity index (χ4n) is 2.14. The summed E-state index contributed by atoms with van der Waals surface area (Å²) in [5.74, 6) is 0.177. The van der Waals surface area contributed by atoms with E-state index in [1.54, 1.807) is 30.5 Å². The molecular formula is C18H14Cl2N2O2S. The first-order valence-electron chi connectivity index (χ1n) is 7.47. The number of para-hydroxylation sites is 1. The van der Waals surface area contributed by atoms with E-state index in [0.717, 1.165) is 15.5 Å². The average molecular weight is 393 g/mol. The standard InChI is InChI=1S/C18H14Cl2N2O2S/c19-14-6-2-1-5-12(14)9-13-10-21-18(25-13)22-17(23)11-24-16-8-4-3-7-15(16)20/h1-8,10H,9,11H2,(H,21,22,23). The minimum absolute atomic E-state index is 0.136. The summed E-state index contributed by atoms with van der Waals surface area (Å²) in [6.45, 7) is -0.136. The quantitative estimate of drug-likeness (QED) is 0.637. The highest BCUT2D eigenvalue weighted by Gasteiger charge is 2.10. The zero-order valence-corrected chi connectivity index (χ0v) is 15.4. The van der Waals surface area contributed by atoms with Crippen molar-refractivity contribution in [1.29, 1.82) is 0 Å². The third-order valence-corrected chi connectivity index (χ3v) is 4.91. The summed E-state index contributed by atoms with van der Waals surface area (Å²) < 4.78 is 5.40. The van der Waals surface area contributed by atoms with Gasteiger partial charge in [-0.1, -0.05) is 53.5 Å². The Balaban J connectivity index is 1.55. The fourth-order valence-corrected chi connectivity index (χ4v) is 3.38. The number of nitrogens with one attached hydrogen (secondary N) is 1. The molecule has 1 amide bonds. The molecule has 0 aliphatic rings. The van der Waals surface area contributed by atoms with Crippen LogP contribution in [0.4, 0.5) is 5.13 Å². The Morgan fingerprint density at radius 1 is 1.08 bits per heavy atom. The number of hydrogen-bond acceptors (Lipinski definition) is 4. The molecule has 0 radical (unpaired) electrons. The number of ether oxygens (including phenoxy) is 1. The lowest BCUT2D eigenvalue weighted by Crippen LogP contribution is -2.20. The largest absolute Gasteiger partial charge is 0.482 e. The molecule has 1 aromatic heterocycles. The maximum atomic E-state index is 12.0. The summed E-state index contributed by atoms with van der Waals surface area (Å²) in [5, 5.41) is 4.42. The number of thiazole rings is 1. The van der Waals surface area contributed by atoms with E-state index in [9.17, 15) is 4.79 Å². The van der Waals surface area contributed by atoms with Crippen molar-refractivity contribution in [2.24, 2.45) is 0 Å². The number of nitrogens with zero attached hydrogens (tertiary/aromatic N) is 1. The number of halogens is 2. The van der Waals surface area contributed by atoms with Gasteiger partial charge in [0, 0.05) is 22.5 Å². The van der Waals surface area contributed by atoms with Crippen molar-refractivity contribution in [2.45, 2.75) is 6.42 Å². The number of carbonyl (C=O) groups excluding carboxylic acids is 1. The summed E-state index contributed by atoms with van der Waals surface area (Å²) in [6.07, 6.45) is 2.40. The Hall–Kier alpha value is -2.08. The van der Waals surface area contributed by atoms with E-state index in [1.807, 2.05) is 24.3 Å². The molecule has 0 atom stereocenters. The van der Waals surface area contributed by atoms with Gasteiger partial charge in [-0.2, -0.15) is 0 Å². The maximum absolute atomic E-state index is 12.0. The number of benzene rings is 2. The molecule has 0 unspecified atom stereocenters. The van der Waals surface area contributed by atoms with Crippen LogP contribution in [0.5, 0.6) is 5.75 Å². The first-order valence-corrected chi connectivity index (χ1v) is 9.04. The Morgan fingerprint density at radius 2 is 1.80 bits per heavy atom. The van der Waals surface area contributed by atoms with Gasteiger partial charge in [-0.05, 0) is 23.8 Å². The molecule has 3 rings (SSSR count). The van der Waals surface area contributed by atoms with Crippen LogP contribution in [-0.4, -0.2) is 17.5 Å². The van der Waals surface area contributed by atoms with Gasteiger partial charge in [0.05, 0.1) is 5.02 Å². The molecular weight excluding hydrogens is 379 g/mol. The summed E-state index contributed by atoms with van der Waals surface area (Å²) in [6, 6.07) is 14.7. The second-order valence-electron chi connectivity index (χ2n) is 5.17. The summed E-state index contributed by atoms with van der Waals surface area (Å²) in [7, 11) is 0. The zero-order valence-electron chi connectivity index (χ0n) is 13.0. The van der Waals surface area contributed by atoms with Crippen LogP contribution in [0.1, 0.15) is 10.4 Å². The molecule has 0 bridgehead atoms. The first-order chi connectivity index (χ1) is 12.1. The Bertz CT molecular complexity index is 883. The highest BCUT2D eigenvalue weighted by molar-refractivity contribution is 7.15. The number of hydrogen-bond donors (Lipinski definition) is 1. The number of carbonyl (C=O) groups is 1. The number of aromatic nitrogens is 1. The molecule has 0 saturated carbocycles. The van der Waals surface area contributed by atoms with Crippen molar-refractivity contribution in [2.75, 3.05) is 11.9 Å². The van der Waals surface area contributed by atoms with Crippen LogP contribution in [0.3, 0.4) is 0 Å². The van der Waals surface area contributed by atoms with E-state index >= 15 is 0 Å². The van der Waals surface area contributed by atoms with Gasteiger partial charge in [-0.15, -0.1) is 11.3 Å². The van der Waals surface area contributed by atoms with Crippen molar-refractivity contribution < 1.29 is 9.53 Å². The van der Waals surface area contributed by atoms with Gasteiger partial charge in [0.15, 0.2) is 11.7 Å². The number of rotatable bonds is 6. The molecule has 0 saturated heterocycles. The van der Waals surface area contributed by atoms with Gasteiger partial charge >= 0.3 is 0 Å². The molecule has 7 heteroatoms. The van der Waals surface area contributed by atoms with Gasteiger partial charge < -0.3 is 4.74 Å². The van der Waals surface area contributed by atoms with E-state index in [0.29, 0.717) is 22.3 Å². The number of anilines is 1. The van der Waals surface area contributed by atoms with E-state index in [4.69, 9.17) is 27.9 Å². The Kier molecular flexibility index (Phi) is 5.91. The van der Waals surface area contributed by atoms with Crippen molar-refractivity contribution in [1.82, 2.24) is 4.98 Å². The smallest absolute Gasteiger partial charge is 0.264 e. The normalized spacial score (nSPS) is 10.5. The minimum Gasteiger partial charge on any atom is -0.482 e. The SMILES string of the molecule is O=C(COc1ccccc1Cl)Nc1ncc(Cc2ccccc2Cl)s1. The Labute approximate surface area is 159 Å². The van der Waals surface area contributed by atoms with Crippen molar-refractivity contribution in [3.05, 3.63) is 75.2 Å². The van der Waals surface area contributed by atoms with Gasteiger partial charge in [0.1, 0.15) is 5.75 Å². The van der Waals surface area contributed by atoms with Gasteiger partial charge in [0.25, 0.3) is 5.91 Å². The summed E-state index contributed by atoms with van der Waals surface area (Å²) in [4.78, 5) is 17.2. The van der Waals surface area contributed by atoms with Crippen molar-refractivity contribution >= 4 is 45.6 Å². The molecule has 128 valence electrons. The van der Waals surface area contributed by atoms with E-state index in [-0.39, 0.29) is 12.5 Å². The molecule has 1 heterocycles. The van der Waals surface area contributed by atoms with Crippen LogP contribution in [0.15, 0.2) is 54.7 Å². The second-order valence-corrected chi connectivity index (χ2v) is 7.10. The van der Waals surface area contributed by atoms with Crippen LogP contribution >= 0.6 is 34.5 Å². The number of amides is 1. The lowest BCUT2D eigenvalue weighted by Gasteiger charge is -2.07. The van der Waals surface area contributed by atoms with Gasteiger partial charge in [0.2, 0.25) is 0 Å². The van der Waals surface area contributed by atoms with E-state index in [1.165, 1.54) is 11.3 Å². The predicted octanol–water partition coefficient (Wildman–Crippen LogP) is 5.06. The predicted molar refractivity (Wildman–Crippen MR) is 102 cm³/mol. The molecule has 0 aliphatic heterocycles. The minimum atomic E-state index is -0.293. The van der Waals surface area contributed by atoms with Crippen LogP contribution < -0.4 is 10.1 Å². The van der Waals surface area contributed by atoms with Crippen molar-refractivity contribution in [3.63, 3.8) is 0 Å². The zero-order chi connectivity index (χ0) is 17.6. The summed E-state index contributed by atoms with van der Waals surface area (Å²) in [5.41, 5.74) is 1.02. The van der Waals surface area contributed by atoms with Crippen LogP contribution in [0.2, 0.25) is 10.0 Å². The molecule has 4 nitrogen and oxygen atoms in total. The molecule has 2 aromatic carbocycles. The van der Waals surface area contributed by atoms with E-state index < -0.39 is 0 Å². The fraction of sp³-hybridized carbons (Fsp3) is 0.111. The van der Waals surface area contributed by atoms with Crippen LogP contribution in [0.25, 0.3) is 0 Å². The second kappa shape index (κ2) is 8.34. The molecule has 0 fully saturated rings. The van der Waals surface area contributed by atoms with Crippen molar-refractivity contribution in [3.8, 4) is 5.75 Å². The topological polar surface area (TPSA) is 51.2 Å². The molecule has 0 spiro atoms. The maximum Gasteiger partial charge on any atom is 0.264 e. The van der Waals surface area contributed by atoms with E-state index in [2.05, 4.69) is 10.3 Å². The third kappa shape index (κ3) is 4.95. The molecule has 25 heavy (non-hydrogen) atoms. The third-order valence-electron chi connectivity index (χ3n) is 3.32. The van der Waals surface area contributed by atoms with Crippen LogP contribution in [-0.2, 0) is 11.2 Å².